The van der Waals surface area contributed by atoms with Crippen LogP contribution < -0.4 is 5.32 Å². The Morgan fingerprint density at radius 1 is 0.534 bits per heavy atom. The van der Waals surface area contributed by atoms with Crippen molar-refractivity contribution in [2.75, 3.05) is 6.61 Å². The molecule has 0 aliphatic heterocycles. The molecular weight excluding hydrogens is 719 g/mol. The molecule has 58 heavy (non-hydrogen) atoms. The lowest BCUT2D eigenvalue weighted by atomic mass is 10.0. The second-order valence-corrected chi connectivity index (χ2v) is 15.5. The van der Waals surface area contributed by atoms with Crippen LogP contribution >= 0.6 is 0 Å². The Bertz CT molecular complexity index is 1180. The van der Waals surface area contributed by atoms with E-state index < -0.39 is 18.2 Å². The zero-order valence-corrected chi connectivity index (χ0v) is 37.4. The van der Waals surface area contributed by atoms with E-state index in [1.807, 2.05) is 30.4 Å². The maximum absolute atomic E-state index is 13.1. The molecular formula is C52H87NO5. The van der Waals surface area contributed by atoms with Crippen molar-refractivity contribution in [3.63, 3.8) is 0 Å². The second-order valence-electron chi connectivity index (χ2n) is 15.5. The van der Waals surface area contributed by atoms with Crippen LogP contribution in [0.25, 0.3) is 0 Å². The van der Waals surface area contributed by atoms with Crippen LogP contribution in [0.15, 0.2) is 97.2 Å². The molecule has 6 nitrogen and oxygen atoms in total. The third kappa shape index (κ3) is 39.6. The van der Waals surface area contributed by atoms with Gasteiger partial charge >= 0.3 is 5.97 Å². The monoisotopic (exact) mass is 806 g/mol. The third-order valence-electron chi connectivity index (χ3n) is 10.0. The number of hydrogen-bond acceptors (Lipinski definition) is 5. The van der Waals surface area contributed by atoms with E-state index in [2.05, 4.69) is 92.9 Å². The normalized spacial score (nSPS) is 14.2. The lowest BCUT2D eigenvalue weighted by Gasteiger charge is -2.24. The molecule has 3 unspecified atom stereocenters. The van der Waals surface area contributed by atoms with Crippen molar-refractivity contribution in [2.24, 2.45) is 0 Å². The molecule has 0 fully saturated rings. The van der Waals surface area contributed by atoms with Crippen LogP contribution in [0, 0.1) is 0 Å². The van der Waals surface area contributed by atoms with Crippen molar-refractivity contribution < 1.29 is 24.5 Å². The molecule has 6 heteroatoms. The summed E-state index contributed by atoms with van der Waals surface area (Å²) in [6.07, 6.45) is 58.9. The molecule has 0 rings (SSSR count). The zero-order chi connectivity index (χ0) is 42.4. The summed E-state index contributed by atoms with van der Waals surface area (Å²) in [5.74, 6) is -0.586. The summed E-state index contributed by atoms with van der Waals surface area (Å²) in [7, 11) is 0. The number of carbonyl (C=O) groups is 2. The summed E-state index contributed by atoms with van der Waals surface area (Å²) in [4.78, 5) is 26.0. The van der Waals surface area contributed by atoms with Gasteiger partial charge in [-0.25, -0.2) is 0 Å². The third-order valence-corrected chi connectivity index (χ3v) is 10.0. The average molecular weight is 806 g/mol. The molecule has 0 radical (unpaired) electrons. The van der Waals surface area contributed by atoms with Gasteiger partial charge < -0.3 is 20.3 Å². The fraction of sp³-hybridized carbons (Fsp3) is 0.654. The number of ether oxygens (including phenoxy) is 1. The van der Waals surface area contributed by atoms with E-state index in [9.17, 15) is 19.8 Å². The molecule has 3 atom stereocenters. The maximum Gasteiger partial charge on any atom is 0.306 e. The topological polar surface area (TPSA) is 95.9 Å². The highest BCUT2D eigenvalue weighted by molar-refractivity contribution is 5.77. The first-order chi connectivity index (χ1) is 28.5. The van der Waals surface area contributed by atoms with Crippen LogP contribution in [0.4, 0.5) is 0 Å². The summed E-state index contributed by atoms with van der Waals surface area (Å²) in [5.41, 5.74) is 0. The van der Waals surface area contributed by atoms with Crippen molar-refractivity contribution in [1.82, 2.24) is 5.32 Å². The maximum atomic E-state index is 13.1. The number of carbonyl (C=O) groups excluding carboxylic acids is 2. The standard InChI is InChI=1S/C52H87NO5/c1-4-7-10-13-16-19-22-25-27-28-31-34-37-40-43-48(58-52(57)45-42-39-36-33-30-26-23-20-17-14-11-8-5-2)46-51(56)53-49(47-54)50(55)44-41-38-35-32-29-24-21-18-15-12-9-6-3/h7-8,10-11,14,16-17,19-20,23,25-27,30-31,34,48-50,54-55H,4-6,9,12-13,15,18,21-22,24,28-29,32-33,35-47H2,1-3H3,(H,53,56)/b10-7+,11-8+,17-14+,19-16+,23-20-,27-25+,30-26-,34-31+. The Balaban J connectivity index is 4.78. The van der Waals surface area contributed by atoms with Crippen molar-refractivity contribution >= 4 is 11.9 Å². The summed E-state index contributed by atoms with van der Waals surface area (Å²) >= 11 is 0. The molecule has 0 aromatic rings. The second kappa shape index (κ2) is 44.9. The molecule has 0 aromatic heterocycles. The molecule has 1 amide bonds. The number of hydrogen-bond donors (Lipinski definition) is 3. The Morgan fingerprint density at radius 3 is 1.62 bits per heavy atom. The van der Waals surface area contributed by atoms with E-state index in [-0.39, 0.29) is 24.9 Å². The fourth-order valence-electron chi connectivity index (χ4n) is 6.49. The number of rotatable bonds is 40. The van der Waals surface area contributed by atoms with Crippen LogP contribution in [0.3, 0.4) is 0 Å². The van der Waals surface area contributed by atoms with Crippen LogP contribution in [-0.4, -0.2) is 46.9 Å². The summed E-state index contributed by atoms with van der Waals surface area (Å²) in [5, 5.41) is 23.7. The fourth-order valence-corrected chi connectivity index (χ4v) is 6.49. The van der Waals surface area contributed by atoms with Crippen LogP contribution in [-0.2, 0) is 14.3 Å². The number of unbranched alkanes of at least 4 members (excludes halogenated alkanes) is 15. The van der Waals surface area contributed by atoms with Gasteiger partial charge in [-0.15, -0.1) is 0 Å². The Morgan fingerprint density at radius 2 is 1.03 bits per heavy atom. The van der Waals surface area contributed by atoms with Crippen LogP contribution in [0.5, 0.6) is 0 Å². The number of nitrogens with one attached hydrogen (secondary N) is 1. The molecule has 330 valence electrons. The van der Waals surface area contributed by atoms with Crippen LogP contribution in [0.2, 0.25) is 0 Å². The van der Waals surface area contributed by atoms with Gasteiger partial charge in [0.1, 0.15) is 6.10 Å². The number of amides is 1. The van der Waals surface area contributed by atoms with E-state index in [0.29, 0.717) is 19.3 Å². The van der Waals surface area contributed by atoms with Gasteiger partial charge in [-0.05, 0) is 77.0 Å². The minimum atomic E-state index is -0.813. The number of esters is 1. The molecule has 0 bridgehead atoms. The predicted molar refractivity (Wildman–Crippen MR) is 250 cm³/mol. The van der Waals surface area contributed by atoms with Crippen molar-refractivity contribution in [3.8, 4) is 0 Å². The summed E-state index contributed by atoms with van der Waals surface area (Å²) in [6.45, 7) is 6.18. The smallest absolute Gasteiger partial charge is 0.306 e. The predicted octanol–water partition coefficient (Wildman–Crippen LogP) is 13.8. The molecule has 0 aliphatic rings. The highest BCUT2D eigenvalue weighted by atomic mass is 16.5. The SMILES string of the molecule is CC/C=C/C=C/C=C\C=C/CCCCCC(=O)OC(CCC/C=C/C/C=C/C/C=C/C/C=C/CC)CC(=O)NC(CO)C(O)CCCCCCCCCCCCCC. The molecule has 0 saturated carbocycles. The van der Waals surface area contributed by atoms with Gasteiger partial charge in [0.2, 0.25) is 5.91 Å². The Hall–Kier alpha value is -3.22. The molecule has 0 aliphatic carbocycles. The van der Waals surface area contributed by atoms with Crippen LogP contribution in [0.1, 0.15) is 194 Å². The van der Waals surface area contributed by atoms with Crippen molar-refractivity contribution in [2.45, 2.75) is 212 Å². The Kier molecular flexibility index (Phi) is 42.4. The molecule has 0 saturated heterocycles. The first kappa shape index (κ1) is 54.8. The number of aliphatic hydroxyl groups excluding tert-OH is 2. The van der Waals surface area contributed by atoms with Gasteiger partial charge in [0, 0.05) is 6.42 Å². The van der Waals surface area contributed by atoms with Gasteiger partial charge in [-0.3, -0.25) is 9.59 Å². The first-order valence-electron chi connectivity index (χ1n) is 23.5. The Labute approximate surface area is 356 Å². The largest absolute Gasteiger partial charge is 0.462 e. The molecule has 3 N–H and O–H groups in total. The number of aliphatic hydroxyl groups is 2. The highest BCUT2D eigenvalue weighted by Crippen LogP contribution is 2.16. The quantitative estimate of drug-likeness (QED) is 0.0248. The lowest BCUT2D eigenvalue weighted by molar-refractivity contribution is -0.151. The van der Waals surface area contributed by atoms with E-state index in [4.69, 9.17) is 4.74 Å². The summed E-state index contributed by atoms with van der Waals surface area (Å²) < 4.78 is 5.86. The number of allylic oxidation sites excluding steroid dienone is 16. The zero-order valence-electron chi connectivity index (χ0n) is 37.4. The molecule has 0 spiro atoms. The van der Waals surface area contributed by atoms with E-state index in [0.717, 1.165) is 89.9 Å². The van der Waals surface area contributed by atoms with Gasteiger partial charge in [0.15, 0.2) is 0 Å². The average Bonchev–Trinajstić information content (AvgIpc) is 3.22. The van der Waals surface area contributed by atoms with Gasteiger partial charge in [-0.2, -0.15) is 0 Å². The minimum absolute atomic E-state index is 0.0180. The summed E-state index contributed by atoms with van der Waals surface area (Å²) in [6, 6.07) is -0.732. The van der Waals surface area contributed by atoms with E-state index in [1.165, 1.54) is 57.8 Å². The minimum Gasteiger partial charge on any atom is -0.462 e. The molecule has 0 heterocycles. The molecule has 0 aromatic carbocycles. The van der Waals surface area contributed by atoms with Gasteiger partial charge in [0.05, 0.1) is 25.2 Å². The highest BCUT2D eigenvalue weighted by Gasteiger charge is 2.24. The lowest BCUT2D eigenvalue weighted by Crippen LogP contribution is -2.46. The van der Waals surface area contributed by atoms with E-state index in [1.54, 1.807) is 0 Å². The van der Waals surface area contributed by atoms with Crippen molar-refractivity contribution in [3.05, 3.63) is 97.2 Å². The van der Waals surface area contributed by atoms with Gasteiger partial charge in [-0.1, -0.05) is 201 Å². The van der Waals surface area contributed by atoms with Crippen molar-refractivity contribution in [1.29, 1.82) is 0 Å². The first-order valence-corrected chi connectivity index (χ1v) is 23.5. The van der Waals surface area contributed by atoms with Gasteiger partial charge in [0.25, 0.3) is 0 Å². The van der Waals surface area contributed by atoms with E-state index >= 15 is 0 Å².